The highest BCUT2D eigenvalue weighted by Gasteiger charge is 2.19. The minimum absolute atomic E-state index is 0.678. The highest BCUT2D eigenvalue weighted by Crippen LogP contribution is 2.21. The predicted octanol–water partition coefficient (Wildman–Crippen LogP) is 3.56. The van der Waals surface area contributed by atoms with Crippen LogP contribution in [0.15, 0.2) is 54.7 Å². The van der Waals surface area contributed by atoms with Gasteiger partial charge in [-0.25, -0.2) is 0 Å². The molecule has 0 amide bonds. The van der Waals surface area contributed by atoms with Crippen molar-refractivity contribution in [1.82, 2.24) is 15.2 Å². The van der Waals surface area contributed by atoms with Crippen LogP contribution in [0.25, 0.3) is 0 Å². The number of aryl methyl sites for hydroxylation is 2. The van der Waals surface area contributed by atoms with Crippen molar-refractivity contribution >= 4 is 23.1 Å². The van der Waals surface area contributed by atoms with Crippen molar-refractivity contribution in [3.05, 3.63) is 65.9 Å². The molecular formula is C21H24N6. The van der Waals surface area contributed by atoms with Crippen LogP contribution in [0.4, 0.5) is 23.1 Å². The van der Waals surface area contributed by atoms with Gasteiger partial charge in [0.1, 0.15) is 0 Å². The molecule has 27 heavy (non-hydrogen) atoms. The molecule has 1 aliphatic rings. The van der Waals surface area contributed by atoms with Gasteiger partial charge in [-0.05, 0) is 49.2 Å². The Kier molecular flexibility index (Phi) is 4.87. The maximum atomic E-state index is 4.67. The summed E-state index contributed by atoms with van der Waals surface area (Å²) in [6, 6.07) is 16.9. The number of rotatable bonds is 4. The van der Waals surface area contributed by atoms with Crippen LogP contribution in [-0.4, -0.2) is 41.4 Å². The van der Waals surface area contributed by atoms with Crippen LogP contribution < -0.4 is 15.1 Å². The standard InChI is InChI=1S/C21H24N6/c1-16-12-17(2)14-18(13-16)23-20-15-22-25-21(24-20)27-10-8-26(9-11-27)19-6-4-3-5-7-19/h3-7,12-15H,8-11H2,1-2H3,(H,23,24,25). The van der Waals surface area contributed by atoms with Gasteiger partial charge >= 0.3 is 0 Å². The molecule has 6 heteroatoms. The largest absolute Gasteiger partial charge is 0.368 e. The number of anilines is 4. The molecule has 138 valence electrons. The van der Waals surface area contributed by atoms with Crippen LogP contribution >= 0.6 is 0 Å². The van der Waals surface area contributed by atoms with Gasteiger partial charge in [0, 0.05) is 37.6 Å². The van der Waals surface area contributed by atoms with Crippen LogP contribution in [0.3, 0.4) is 0 Å². The monoisotopic (exact) mass is 360 g/mol. The summed E-state index contributed by atoms with van der Waals surface area (Å²) in [7, 11) is 0. The van der Waals surface area contributed by atoms with E-state index in [1.165, 1.54) is 16.8 Å². The average Bonchev–Trinajstić information content (AvgIpc) is 2.68. The summed E-state index contributed by atoms with van der Waals surface area (Å²) in [5.74, 6) is 1.40. The van der Waals surface area contributed by atoms with Crippen LogP contribution in [0, 0.1) is 13.8 Å². The number of aromatic nitrogens is 3. The smallest absolute Gasteiger partial charge is 0.247 e. The number of hydrogen-bond acceptors (Lipinski definition) is 6. The van der Waals surface area contributed by atoms with Gasteiger partial charge in [-0.3, -0.25) is 0 Å². The molecule has 0 aliphatic carbocycles. The number of benzene rings is 2. The molecule has 1 aliphatic heterocycles. The fraction of sp³-hybridized carbons (Fsp3) is 0.286. The van der Waals surface area contributed by atoms with E-state index in [0.717, 1.165) is 37.7 Å². The SMILES string of the molecule is Cc1cc(C)cc(Nc2cnnc(N3CCN(c4ccccc4)CC3)n2)c1. The topological polar surface area (TPSA) is 57.2 Å². The summed E-state index contributed by atoms with van der Waals surface area (Å²) in [6.07, 6.45) is 1.67. The van der Waals surface area contributed by atoms with Gasteiger partial charge < -0.3 is 15.1 Å². The second kappa shape index (κ2) is 7.61. The molecule has 0 spiro atoms. The Bertz CT molecular complexity index is 883. The molecular weight excluding hydrogens is 336 g/mol. The second-order valence-electron chi connectivity index (χ2n) is 6.95. The molecule has 0 bridgehead atoms. The molecule has 1 aromatic heterocycles. The van der Waals surface area contributed by atoms with Crippen LogP contribution in [0.1, 0.15) is 11.1 Å². The molecule has 2 aromatic carbocycles. The quantitative estimate of drug-likeness (QED) is 0.768. The van der Waals surface area contributed by atoms with Crippen molar-refractivity contribution in [3.8, 4) is 0 Å². The number of nitrogens with zero attached hydrogens (tertiary/aromatic N) is 5. The Hall–Kier alpha value is -3.15. The molecule has 3 aromatic rings. The van der Waals surface area contributed by atoms with Gasteiger partial charge in [-0.1, -0.05) is 24.3 Å². The highest BCUT2D eigenvalue weighted by atomic mass is 15.4. The molecule has 6 nitrogen and oxygen atoms in total. The first kappa shape index (κ1) is 17.3. The fourth-order valence-electron chi connectivity index (χ4n) is 3.49. The Morgan fingerprint density at radius 2 is 1.52 bits per heavy atom. The van der Waals surface area contributed by atoms with E-state index in [4.69, 9.17) is 0 Å². The molecule has 2 heterocycles. The molecule has 4 rings (SSSR count). The Morgan fingerprint density at radius 1 is 0.852 bits per heavy atom. The lowest BCUT2D eigenvalue weighted by Gasteiger charge is -2.35. The van der Waals surface area contributed by atoms with Gasteiger partial charge in [0.05, 0.1) is 6.20 Å². The van der Waals surface area contributed by atoms with Crippen LogP contribution in [0.2, 0.25) is 0 Å². The van der Waals surface area contributed by atoms with E-state index in [1.807, 2.05) is 6.07 Å². The molecule has 0 atom stereocenters. The zero-order chi connectivity index (χ0) is 18.6. The van der Waals surface area contributed by atoms with E-state index < -0.39 is 0 Å². The summed E-state index contributed by atoms with van der Waals surface area (Å²) < 4.78 is 0. The number of nitrogens with one attached hydrogen (secondary N) is 1. The predicted molar refractivity (Wildman–Crippen MR) is 110 cm³/mol. The zero-order valence-electron chi connectivity index (χ0n) is 15.8. The highest BCUT2D eigenvalue weighted by molar-refractivity contribution is 5.58. The van der Waals surface area contributed by atoms with Gasteiger partial charge in [0.2, 0.25) is 5.95 Å². The van der Waals surface area contributed by atoms with E-state index in [-0.39, 0.29) is 0 Å². The van der Waals surface area contributed by atoms with Crippen LogP contribution in [-0.2, 0) is 0 Å². The second-order valence-corrected chi connectivity index (χ2v) is 6.95. The Labute approximate surface area is 159 Å². The third kappa shape index (κ3) is 4.16. The van der Waals surface area contributed by atoms with E-state index in [9.17, 15) is 0 Å². The van der Waals surface area contributed by atoms with E-state index in [1.54, 1.807) is 6.20 Å². The summed E-state index contributed by atoms with van der Waals surface area (Å²) >= 11 is 0. The zero-order valence-corrected chi connectivity index (χ0v) is 15.8. The lowest BCUT2D eigenvalue weighted by atomic mass is 10.1. The summed E-state index contributed by atoms with van der Waals surface area (Å²) in [6.45, 7) is 7.83. The van der Waals surface area contributed by atoms with Crippen molar-refractivity contribution in [2.45, 2.75) is 13.8 Å². The number of piperazine rings is 1. The minimum Gasteiger partial charge on any atom is -0.368 e. The average molecular weight is 360 g/mol. The molecule has 1 saturated heterocycles. The minimum atomic E-state index is 0.678. The maximum absolute atomic E-state index is 4.67. The molecule has 1 N–H and O–H groups in total. The number of hydrogen-bond donors (Lipinski definition) is 1. The molecule has 0 saturated carbocycles. The third-order valence-corrected chi connectivity index (χ3v) is 4.73. The summed E-state index contributed by atoms with van der Waals surface area (Å²) in [4.78, 5) is 9.26. The molecule has 1 fully saturated rings. The van der Waals surface area contributed by atoms with Crippen molar-refractivity contribution < 1.29 is 0 Å². The Morgan fingerprint density at radius 3 is 2.22 bits per heavy atom. The first-order chi connectivity index (χ1) is 13.2. The lowest BCUT2D eigenvalue weighted by molar-refractivity contribution is 0.635. The van der Waals surface area contributed by atoms with Gasteiger partial charge in [-0.15, -0.1) is 5.10 Å². The van der Waals surface area contributed by atoms with Crippen molar-refractivity contribution in [2.24, 2.45) is 0 Å². The van der Waals surface area contributed by atoms with E-state index in [0.29, 0.717) is 5.95 Å². The van der Waals surface area contributed by atoms with Crippen LogP contribution in [0.5, 0.6) is 0 Å². The first-order valence-corrected chi connectivity index (χ1v) is 9.27. The summed E-state index contributed by atoms with van der Waals surface area (Å²) in [5, 5.41) is 11.7. The van der Waals surface area contributed by atoms with E-state index >= 15 is 0 Å². The van der Waals surface area contributed by atoms with Crippen molar-refractivity contribution in [3.63, 3.8) is 0 Å². The van der Waals surface area contributed by atoms with Gasteiger partial charge in [0.15, 0.2) is 5.82 Å². The van der Waals surface area contributed by atoms with Gasteiger partial charge in [-0.2, -0.15) is 10.1 Å². The Balaban J connectivity index is 1.44. The van der Waals surface area contributed by atoms with E-state index in [2.05, 4.69) is 86.6 Å². The lowest BCUT2D eigenvalue weighted by Crippen LogP contribution is -2.47. The fourth-order valence-corrected chi connectivity index (χ4v) is 3.49. The van der Waals surface area contributed by atoms with Crippen molar-refractivity contribution in [2.75, 3.05) is 41.3 Å². The first-order valence-electron chi connectivity index (χ1n) is 9.27. The molecule has 0 radical (unpaired) electrons. The summed E-state index contributed by atoms with van der Waals surface area (Å²) in [5.41, 5.74) is 4.72. The molecule has 0 unspecified atom stereocenters. The maximum Gasteiger partial charge on any atom is 0.247 e. The van der Waals surface area contributed by atoms with Gasteiger partial charge in [0.25, 0.3) is 0 Å². The normalized spacial score (nSPS) is 14.3. The third-order valence-electron chi connectivity index (χ3n) is 4.73. The number of para-hydroxylation sites is 1. The van der Waals surface area contributed by atoms with Crippen molar-refractivity contribution in [1.29, 1.82) is 0 Å².